The van der Waals surface area contributed by atoms with Gasteiger partial charge in [0.2, 0.25) is 0 Å². The summed E-state index contributed by atoms with van der Waals surface area (Å²) in [6, 6.07) is 5.20. The van der Waals surface area contributed by atoms with E-state index in [-0.39, 0.29) is 11.1 Å². The van der Waals surface area contributed by atoms with Gasteiger partial charge in [-0.1, -0.05) is 19.9 Å². The van der Waals surface area contributed by atoms with Crippen LogP contribution in [-0.2, 0) is 0 Å². The third-order valence-electron chi connectivity index (χ3n) is 1.86. The van der Waals surface area contributed by atoms with Crippen molar-refractivity contribution in [2.24, 2.45) is 0 Å². The predicted molar refractivity (Wildman–Crippen MR) is 64.6 cm³/mol. The summed E-state index contributed by atoms with van der Waals surface area (Å²) in [5.74, 6) is -2.25. The maximum absolute atomic E-state index is 10.4. The Hall–Kier alpha value is -1.88. The van der Waals surface area contributed by atoms with E-state index in [4.69, 9.17) is 10.2 Å². The van der Waals surface area contributed by atoms with Gasteiger partial charge in [-0.15, -0.1) is 0 Å². The molecule has 5 nitrogen and oxygen atoms in total. The van der Waals surface area contributed by atoms with Crippen LogP contribution >= 0.6 is 0 Å². The SMILES string of the molecule is CCNCC.O=C(O)c1cccc(C(=O)O)c1. The average molecular weight is 239 g/mol. The van der Waals surface area contributed by atoms with E-state index in [0.717, 1.165) is 19.2 Å². The topological polar surface area (TPSA) is 86.6 Å². The van der Waals surface area contributed by atoms with E-state index in [1.165, 1.54) is 18.2 Å². The molecule has 17 heavy (non-hydrogen) atoms. The van der Waals surface area contributed by atoms with E-state index in [1.807, 2.05) is 0 Å². The normalized spacial score (nSPS) is 9.06. The van der Waals surface area contributed by atoms with Crippen molar-refractivity contribution < 1.29 is 19.8 Å². The Morgan fingerprint density at radius 1 is 1.06 bits per heavy atom. The molecular weight excluding hydrogens is 222 g/mol. The zero-order valence-corrected chi connectivity index (χ0v) is 9.93. The summed E-state index contributed by atoms with van der Waals surface area (Å²) in [5, 5.41) is 20.1. The molecule has 0 radical (unpaired) electrons. The molecule has 0 fully saturated rings. The van der Waals surface area contributed by atoms with Crippen LogP contribution in [0.5, 0.6) is 0 Å². The van der Waals surface area contributed by atoms with Gasteiger partial charge in [0.25, 0.3) is 0 Å². The summed E-state index contributed by atoms with van der Waals surface area (Å²) in [6.07, 6.45) is 0. The van der Waals surface area contributed by atoms with E-state index >= 15 is 0 Å². The highest BCUT2D eigenvalue weighted by molar-refractivity contribution is 5.93. The number of carboxylic acid groups (broad SMARTS) is 2. The maximum Gasteiger partial charge on any atom is 0.335 e. The second-order valence-corrected chi connectivity index (χ2v) is 3.15. The first-order valence-electron chi connectivity index (χ1n) is 5.30. The molecule has 5 heteroatoms. The van der Waals surface area contributed by atoms with Gasteiger partial charge in [0.15, 0.2) is 0 Å². The molecule has 0 unspecified atom stereocenters. The van der Waals surface area contributed by atoms with Gasteiger partial charge in [0.05, 0.1) is 11.1 Å². The molecule has 0 aromatic heterocycles. The molecule has 0 saturated carbocycles. The summed E-state index contributed by atoms with van der Waals surface area (Å²) >= 11 is 0. The quantitative estimate of drug-likeness (QED) is 0.744. The molecule has 0 bridgehead atoms. The van der Waals surface area contributed by atoms with E-state index in [0.29, 0.717) is 0 Å². The molecule has 1 rings (SSSR count). The Kier molecular flexibility index (Phi) is 7.38. The summed E-state index contributed by atoms with van der Waals surface area (Å²) in [7, 11) is 0. The van der Waals surface area contributed by atoms with Gasteiger partial charge in [-0.05, 0) is 31.3 Å². The van der Waals surface area contributed by atoms with Gasteiger partial charge in [-0.25, -0.2) is 9.59 Å². The third-order valence-corrected chi connectivity index (χ3v) is 1.86. The highest BCUT2D eigenvalue weighted by atomic mass is 16.4. The second-order valence-electron chi connectivity index (χ2n) is 3.15. The lowest BCUT2D eigenvalue weighted by atomic mass is 10.1. The maximum atomic E-state index is 10.4. The van der Waals surface area contributed by atoms with Crippen molar-refractivity contribution in [3.05, 3.63) is 35.4 Å². The van der Waals surface area contributed by atoms with Crippen LogP contribution in [0.4, 0.5) is 0 Å². The molecule has 0 aliphatic heterocycles. The first-order chi connectivity index (χ1) is 8.02. The molecule has 0 amide bonds. The number of carbonyl (C=O) groups is 2. The number of hydrogen-bond acceptors (Lipinski definition) is 3. The molecule has 1 aromatic carbocycles. The Morgan fingerprint density at radius 2 is 1.47 bits per heavy atom. The zero-order valence-electron chi connectivity index (χ0n) is 9.93. The first kappa shape index (κ1) is 15.1. The van der Waals surface area contributed by atoms with Crippen molar-refractivity contribution in [1.29, 1.82) is 0 Å². The lowest BCUT2D eigenvalue weighted by molar-refractivity contribution is 0.0696. The average Bonchev–Trinajstić information content (AvgIpc) is 2.31. The monoisotopic (exact) mass is 239 g/mol. The number of aromatic carboxylic acids is 2. The zero-order chi connectivity index (χ0) is 13.3. The van der Waals surface area contributed by atoms with E-state index in [1.54, 1.807) is 0 Å². The third kappa shape index (κ3) is 6.32. The van der Waals surface area contributed by atoms with Crippen LogP contribution in [0.3, 0.4) is 0 Å². The van der Waals surface area contributed by atoms with E-state index < -0.39 is 11.9 Å². The van der Waals surface area contributed by atoms with Crippen molar-refractivity contribution >= 4 is 11.9 Å². The van der Waals surface area contributed by atoms with Gasteiger partial charge < -0.3 is 15.5 Å². The molecule has 1 aromatic rings. The van der Waals surface area contributed by atoms with E-state index in [2.05, 4.69) is 19.2 Å². The number of benzene rings is 1. The van der Waals surface area contributed by atoms with Crippen LogP contribution in [0.15, 0.2) is 24.3 Å². The summed E-state index contributed by atoms with van der Waals surface area (Å²) < 4.78 is 0. The minimum Gasteiger partial charge on any atom is -0.478 e. The van der Waals surface area contributed by atoms with Crippen molar-refractivity contribution in [3.63, 3.8) is 0 Å². The van der Waals surface area contributed by atoms with E-state index in [9.17, 15) is 9.59 Å². The van der Waals surface area contributed by atoms with Gasteiger partial charge in [0.1, 0.15) is 0 Å². The molecule has 94 valence electrons. The molecule has 0 aliphatic carbocycles. The molecule has 0 heterocycles. The molecule has 0 saturated heterocycles. The minimum absolute atomic E-state index is 0.0186. The second kappa shape index (κ2) is 8.29. The smallest absolute Gasteiger partial charge is 0.335 e. The molecular formula is C12H17NO4. The molecule has 0 aliphatic rings. The Balaban J connectivity index is 0.000000437. The van der Waals surface area contributed by atoms with Crippen molar-refractivity contribution in [3.8, 4) is 0 Å². The summed E-state index contributed by atoms with van der Waals surface area (Å²) in [5.41, 5.74) is -0.0372. The Labute approximate surface area is 100 Å². The van der Waals surface area contributed by atoms with Gasteiger partial charge in [-0.3, -0.25) is 0 Å². The lowest BCUT2D eigenvalue weighted by Gasteiger charge is -1.95. The fourth-order valence-corrected chi connectivity index (χ4v) is 1.04. The number of carboxylic acids is 2. The van der Waals surface area contributed by atoms with Gasteiger partial charge in [0, 0.05) is 0 Å². The predicted octanol–water partition coefficient (Wildman–Crippen LogP) is 1.70. The standard InChI is InChI=1S/C8H6O4.C4H11N/c9-7(10)5-2-1-3-6(4-5)8(11)12;1-3-5-4-2/h1-4H,(H,9,10)(H,11,12);5H,3-4H2,1-2H3. The number of rotatable bonds is 4. The van der Waals surface area contributed by atoms with Crippen molar-refractivity contribution in [2.45, 2.75) is 13.8 Å². The largest absolute Gasteiger partial charge is 0.478 e. The fraction of sp³-hybridized carbons (Fsp3) is 0.333. The first-order valence-corrected chi connectivity index (χ1v) is 5.30. The number of hydrogen-bond donors (Lipinski definition) is 3. The van der Waals surface area contributed by atoms with Crippen LogP contribution in [0.25, 0.3) is 0 Å². The highest BCUT2D eigenvalue weighted by Gasteiger charge is 2.06. The Bertz CT molecular complexity index is 345. The Morgan fingerprint density at radius 3 is 1.71 bits per heavy atom. The van der Waals surface area contributed by atoms with Crippen LogP contribution in [0, 0.1) is 0 Å². The van der Waals surface area contributed by atoms with Crippen molar-refractivity contribution in [1.82, 2.24) is 5.32 Å². The summed E-state index contributed by atoms with van der Waals surface area (Å²) in [4.78, 5) is 20.8. The van der Waals surface area contributed by atoms with Gasteiger partial charge >= 0.3 is 11.9 Å². The molecule has 0 spiro atoms. The fourth-order valence-electron chi connectivity index (χ4n) is 1.04. The lowest BCUT2D eigenvalue weighted by Crippen LogP contribution is -2.09. The van der Waals surface area contributed by atoms with Crippen molar-refractivity contribution in [2.75, 3.05) is 13.1 Å². The summed E-state index contributed by atoms with van der Waals surface area (Å²) in [6.45, 7) is 6.39. The van der Waals surface area contributed by atoms with Crippen LogP contribution < -0.4 is 5.32 Å². The van der Waals surface area contributed by atoms with Crippen LogP contribution in [0.2, 0.25) is 0 Å². The molecule has 0 atom stereocenters. The molecule has 3 N–H and O–H groups in total. The minimum atomic E-state index is -1.13. The highest BCUT2D eigenvalue weighted by Crippen LogP contribution is 2.04. The van der Waals surface area contributed by atoms with Crippen LogP contribution in [0.1, 0.15) is 34.6 Å². The van der Waals surface area contributed by atoms with Crippen LogP contribution in [-0.4, -0.2) is 35.2 Å². The van der Waals surface area contributed by atoms with Gasteiger partial charge in [-0.2, -0.15) is 0 Å². The number of nitrogens with one attached hydrogen (secondary N) is 1.